The average molecular weight is 589 g/mol. The van der Waals surface area contributed by atoms with Crippen molar-refractivity contribution in [2.75, 3.05) is 29.0 Å². The first kappa shape index (κ1) is 31.3. The number of amides is 3. The van der Waals surface area contributed by atoms with Crippen LogP contribution < -0.4 is 16.0 Å². The largest absolute Gasteiger partial charge is 0.444 e. The Morgan fingerprint density at radius 3 is 2.02 bits per heavy atom. The summed E-state index contributed by atoms with van der Waals surface area (Å²) >= 11 is 0. The van der Waals surface area contributed by atoms with Crippen molar-refractivity contribution >= 4 is 35.4 Å². The smallest absolute Gasteiger partial charge is 0.412 e. The molecule has 0 radical (unpaired) electrons. The standard InChI is InChI=1S/C32H40N6O5/c1-31(2,3)42-29(40)37-25-13-12-22(21-10-8-7-9-11-21)18-26(25)36-27(39)23-19-33-28(34-20-23)35-24-14-16-38(17-15-24)30(41)43-32(4,5)6/h7-13,18-20,24H,14-17H2,1-6H3,(H,36,39)(H,37,40)(H,33,34,35). The van der Waals surface area contributed by atoms with Crippen LogP contribution in [0.3, 0.4) is 0 Å². The van der Waals surface area contributed by atoms with Crippen molar-refractivity contribution < 1.29 is 23.9 Å². The van der Waals surface area contributed by atoms with Crippen LogP contribution in [0, 0.1) is 0 Å². The van der Waals surface area contributed by atoms with Gasteiger partial charge in [-0.25, -0.2) is 19.6 Å². The van der Waals surface area contributed by atoms with Gasteiger partial charge >= 0.3 is 12.2 Å². The van der Waals surface area contributed by atoms with E-state index in [-0.39, 0.29) is 17.7 Å². The SMILES string of the molecule is CC(C)(C)OC(=O)Nc1ccc(-c2ccccc2)cc1NC(=O)c1cnc(NC2CCN(C(=O)OC(C)(C)C)CC2)nc1. The molecule has 11 nitrogen and oxygen atoms in total. The molecule has 1 fully saturated rings. The predicted octanol–water partition coefficient (Wildman–Crippen LogP) is 6.55. The molecule has 4 rings (SSSR count). The van der Waals surface area contributed by atoms with Gasteiger partial charge in [0.05, 0.1) is 16.9 Å². The summed E-state index contributed by atoms with van der Waals surface area (Å²) < 4.78 is 10.9. The third kappa shape index (κ3) is 9.42. The highest BCUT2D eigenvalue weighted by Crippen LogP contribution is 2.30. The number of aromatic nitrogens is 2. The molecule has 3 amide bonds. The van der Waals surface area contributed by atoms with Crippen LogP contribution in [0.4, 0.5) is 26.9 Å². The average Bonchev–Trinajstić information content (AvgIpc) is 2.93. The Kier molecular flexibility index (Phi) is 9.53. The van der Waals surface area contributed by atoms with Gasteiger partial charge in [-0.05, 0) is 77.6 Å². The van der Waals surface area contributed by atoms with E-state index in [1.54, 1.807) is 37.8 Å². The summed E-state index contributed by atoms with van der Waals surface area (Å²) in [7, 11) is 0. The molecule has 11 heteroatoms. The molecule has 1 aliphatic heterocycles. The molecule has 2 aromatic carbocycles. The number of rotatable bonds is 6. The zero-order valence-electron chi connectivity index (χ0n) is 25.6. The number of benzene rings is 2. The molecular weight excluding hydrogens is 548 g/mol. The molecule has 1 aliphatic rings. The highest BCUT2D eigenvalue weighted by atomic mass is 16.6. The maximum atomic E-state index is 13.2. The van der Waals surface area contributed by atoms with Gasteiger partial charge in [-0.3, -0.25) is 10.1 Å². The molecule has 1 saturated heterocycles. The Labute approximate surface area is 252 Å². The number of carbonyl (C=O) groups excluding carboxylic acids is 3. The minimum absolute atomic E-state index is 0.0839. The monoisotopic (exact) mass is 588 g/mol. The predicted molar refractivity (Wildman–Crippen MR) is 166 cm³/mol. The van der Waals surface area contributed by atoms with Gasteiger partial charge in [0.25, 0.3) is 5.91 Å². The Morgan fingerprint density at radius 1 is 0.791 bits per heavy atom. The van der Waals surface area contributed by atoms with Crippen molar-refractivity contribution in [2.45, 2.75) is 71.6 Å². The summed E-state index contributed by atoms with van der Waals surface area (Å²) in [5.41, 5.74) is 1.64. The number of carbonyl (C=O) groups is 3. The third-order valence-electron chi connectivity index (χ3n) is 6.40. The minimum atomic E-state index is -0.681. The van der Waals surface area contributed by atoms with Gasteiger partial charge < -0.3 is 25.0 Å². The first-order chi connectivity index (χ1) is 20.3. The third-order valence-corrected chi connectivity index (χ3v) is 6.40. The maximum absolute atomic E-state index is 13.2. The first-order valence-electron chi connectivity index (χ1n) is 14.3. The van der Waals surface area contributed by atoms with Crippen molar-refractivity contribution in [1.29, 1.82) is 0 Å². The van der Waals surface area contributed by atoms with E-state index >= 15 is 0 Å². The highest BCUT2D eigenvalue weighted by Gasteiger charge is 2.27. The van der Waals surface area contributed by atoms with E-state index in [0.29, 0.717) is 30.4 Å². The van der Waals surface area contributed by atoms with E-state index in [4.69, 9.17) is 9.47 Å². The molecule has 0 bridgehead atoms. The van der Waals surface area contributed by atoms with E-state index in [2.05, 4.69) is 25.9 Å². The summed E-state index contributed by atoms with van der Waals surface area (Å²) in [5.74, 6) is -0.0414. The zero-order valence-corrected chi connectivity index (χ0v) is 25.6. The number of ether oxygens (including phenoxy) is 2. The van der Waals surface area contributed by atoms with Crippen molar-refractivity contribution in [1.82, 2.24) is 14.9 Å². The lowest BCUT2D eigenvalue weighted by atomic mass is 10.0. The summed E-state index contributed by atoms with van der Waals surface area (Å²) in [6.07, 6.45) is 3.39. The molecule has 228 valence electrons. The lowest BCUT2D eigenvalue weighted by Gasteiger charge is -2.33. The van der Waals surface area contributed by atoms with Gasteiger partial charge in [-0.15, -0.1) is 0 Å². The number of piperidine rings is 1. The minimum Gasteiger partial charge on any atom is -0.444 e. The summed E-state index contributed by atoms with van der Waals surface area (Å²) in [6.45, 7) is 12.0. The molecule has 1 aromatic heterocycles. The van der Waals surface area contributed by atoms with E-state index in [1.807, 2.05) is 57.2 Å². The van der Waals surface area contributed by atoms with Gasteiger partial charge in [0.1, 0.15) is 11.2 Å². The number of anilines is 3. The molecular formula is C32H40N6O5. The van der Waals surface area contributed by atoms with Crippen LogP contribution in [0.1, 0.15) is 64.7 Å². The molecule has 3 aromatic rings. The lowest BCUT2D eigenvalue weighted by Crippen LogP contribution is -2.44. The number of likely N-dealkylation sites (tertiary alicyclic amines) is 1. The van der Waals surface area contributed by atoms with Gasteiger partial charge in [-0.1, -0.05) is 36.4 Å². The second-order valence-electron chi connectivity index (χ2n) is 12.4. The fourth-order valence-electron chi connectivity index (χ4n) is 4.41. The van der Waals surface area contributed by atoms with Crippen LogP contribution in [0.25, 0.3) is 11.1 Å². The Morgan fingerprint density at radius 2 is 1.42 bits per heavy atom. The van der Waals surface area contributed by atoms with Gasteiger partial charge in [0.15, 0.2) is 0 Å². The Balaban J connectivity index is 1.41. The van der Waals surface area contributed by atoms with Gasteiger partial charge in [0, 0.05) is 31.5 Å². The highest BCUT2D eigenvalue weighted by molar-refractivity contribution is 6.07. The van der Waals surface area contributed by atoms with Crippen LogP contribution >= 0.6 is 0 Å². The van der Waals surface area contributed by atoms with Crippen molar-refractivity contribution in [3.05, 3.63) is 66.5 Å². The fraction of sp³-hybridized carbons (Fsp3) is 0.406. The quantitative estimate of drug-likeness (QED) is 0.295. The normalized spacial score (nSPS) is 14.0. The van der Waals surface area contributed by atoms with Crippen LogP contribution in [0.15, 0.2) is 60.9 Å². The molecule has 0 saturated carbocycles. The second-order valence-corrected chi connectivity index (χ2v) is 12.4. The molecule has 2 heterocycles. The molecule has 0 spiro atoms. The van der Waals surface area contributed by atoms with Gasteiger partial charge in [0.2, 0.25) is 5.95 Å². The van der Waals surface area contributed by atoms with Crippen molar-refractivity contribution in [3.8, 4) is 11.1 Å². The van der Waals surface area contributed by atoms with Gasteiger partial charge in [-0.2, -0.15) is 0 Å². The fourth-order valence-corrected chi connectivity index (χ4v) is 4.41. The lowest BCUT2D eigenvalue weighted by molar-refractivity contribution is 0.0210. The van der Waals surface area contributed by atoms with E-state index in [1.165, 1.54) is 12.4 Å². The molecule has 0 unspecified atom stereocenters. The summed E-state index contributed by atoms with van der Waals surface area (Å²) in [5, 5.41) is 8.89. The van der Waals surface area contributed by atoms with Crippen molar-refractivity contribution in [2.24, 2.45) is 0 Å². The maximum Gasteiger partial charge on any atom is 0.412 e. The number of nitrogens with one attached hydrogen (secondary N) is 3. The van der Waals surface area contributed by atoms with Crippen LogP contribution in [-0.2, 0) is 9.47 Å². The number of hydrogen-bond acceptors (Lipinski definition) is 8. The van der Waals surface area contributed by atoms with Crippen molar-refractivity contribution in [3.63, 3.8) is 0 Å². The molecule has 0 atom stereocenters. The van der Waals surface area contributed by atoms with Crippen LogP contribution in [0.2, 0.25) is 0 Å². The zero-order chi connectivity index (χ0) is 31.2. The molecule has 0 aliphatic carbocycles. The Bertz CT molecular complexity index is 1420. The second kappa shape index (κ2) is 13.1. The van der Waals surface area contributed by atoms with Crippen LogP contribution in [-0.4, -0.2) is 63.3 Å². The van der Waals surface area contributed by atoms with Crippen LogP contribution in [0.5, 0.6) is 0 Å². The summed E-state index contributed by atoms with van der Waals surface area (Å²) in [4.78, 5) is 48.4. The molecule has 3 N–H and O–H groups in total. The summed E-state index contributed by atoms with van der Waals surface area (Å²) in [6, 6.07) is 15.2. The number of hydrogen-bond donors (Lipinski definition) is 3. The topological polar surface area (TPSA) is 135 Å². The number of nitrogens with zero attached hydrogens (tertiary/aromatic N) is 3. The molecule has 43 heavy (non-hydrogen) atoms. The Hall–Kier alpha value is -4.67. The van der Waals surface area contributed by atoms with E-state index in [0.717, 1.165) is 24.0 Å². The van der Waals surface area contributed by atoms with E-state index in [9.17, 15) is 14.4 Å². The van der Waals surface area contributed by atoms with E-state index < -0.39 is 23.2 Å². The first-order valence-corrected chi connectivity index (χ1v) is 14.3.